The molecule has 0 atom stereocenters. The van der Waals surface area contributed by atoms with Crippen molar-refractivity contribution in [1.82, 2.24) is 0 Å². The van der Waals surface area contributed by atoms with E-state index in [1.165, 1.54) is 117 Å². The van der Waals surface area contributed by atoms with Gasteiger partial charge in [0.1, 0.15) is 11.5 Å². The van der Waals surface area contributed by atoms with E-state index >= 15 is 0 Å². The second kappa shape index (κ2) is 23.9. The quantitative estimate of drug-likeness (QED) is 0.0124. The Hall–Kier alpha value is -8.62. The van der Waals surface area contributed by atoms with Crippen LogP contribution in [0.4, 0.5) is 37.7 Å². The monoisotopic (exact) mass is 1040 g/mol. The maximum Gasteiger partial charge on any atom is 0.422 e. The summed E-state index contributed by atoms with van der Waals surface area (Å²) in [6.07, 6.45) is -5.52. The van der Waals surface area contributed by atoms with E-state index in [0.29, 0.717) is 28.1 Å². The van der Waals surface area contributed by atoms with Gasteiger partial charge in [-0.1, -0.05) is 48.6 Å². The summed E-state index contributed by atoms with van der Waals surface area (Å²) in [5, 5.41) is 24.6. The number of nitrogen functional groups attached to an aromatic ring is 2. The number of ether oxygens (including phenoxy) is 6. The van der Waals surface area contributed by atoms with E-state index < -0.39 is 66.7 Å². The molecule has 6 rings (SSSR count). The number of methoxy groups -OCH3 is 2. The summed E-state index contributed by atoms with van der Waals surface area (Å²) in [6, 6.07) is 30.8. The summed E-state index contributed by atoms with van der Waals surface area (Å²) in [5.41, 5.74) is 12.3. The molecule has 0 aliphatic rings. The minimum atomic E-state index is -4.56. The van der Waals surface area contributed by atoms with Gasteiger partial charge >= 0.3 is 24.3 Å². The maximum atomic E-state index is 14.3. The van der Waals surface area contributed by atoms with Crippen molar-refractivity contribution in [2.45, 2.75) is 37.4 Å². The van der Waals surface area contributed by atoms with Gasteiger partial charge in [-0.2, -0.15) is 26.3 Å². The van der Waals surface area contributed by atoms with Crippen molar-refractivity contribution < 1.29 is 84.2 Å². The molecule has 0 aliphatic carbocycles. The highest BCUT2D eigenvalue weighted by molar-refractivity contribution is 6.01. The molecule has 0 fully saturated rings. The number of hydrogen-bond acceptors (Lipinski definition) is 14. The minimum absolute atomic E-state index is 0.00566. The molecule has 0 unspecified atom stereocenters. The van der Waals surface area contributed by atoms with Gasteiger partial charge in [0.2, 0.25) is 11.6 Å². The second-order valence-corrected chi connectivity index (χ2v) is 16.9. The van der Waals surface area contributed by atoms with Crippen LogP contribution in [-0.2, 0) is 22.4 Å². The number of esters is 2. The first-order chi connectivity index (χ1) is 35.4. The van der Waals surface area contributed by atoms with Crippen LogP contribution >= 0.6 is 0 Å². The van der Waals surface area contributed by atoms with Crippen LogP contribution in [0.1, 0.15) is 49.4 Å². The molecule has 20 heteroatoms. The molecule has 0 amide bonds. The summed E-state index contributed by atoms with van der Waals surface area (Å²) >= 11 is 0. The topological polar surface area (TPSA) is 216 Å². The van der Waals surface area contributed by atoms with Crippen LogP contribution in [-0.4, -0.2) is 79.3 Å². The maximum absolute atomic E-state index is 14.3. The first-order valence-electron chi connectivity index (χ1n) is 22.4. The Morgan fingerprint density at radius 1 is 0.520 bits per heavy atom. The molecule has 0 saturated heterocycles. The molecule has 392 valence electrons. The zero-order chi connectivity index (χ0) is 54.6. The fraction of sp³-hybridized carbons (Fsp3) is 0.200. The molecule has 6 N–H and O–H groups in total. The largest absolute Gasteiger partial charge is 0.493 e. The van der Waals surface area contributed by atoms with Crippen LogP contribution in [0.15, 0.2) is 146 Å². The summed E-state index contributed by atoms with van der Waals surface area (Å²) < 4.78 is 107. The number of aliphatic hydroxyl groups is 2. The number of nitrogens with two attached hydrogens (primary N) is 2. The van der Waals surface area contributed by atoms with Gasteiger partial charge in [-0.05, 0) is 144 Å². The predicted molar refractivity (Wildman–Crippen MR) is 263 cm³/mol. The average Bonchev–Trinajstić information content (AvgIpc) is 3.37. The minimum Gasteiger partial charge on any atom is -0.493 e. The van der Waals surface area contributed by atoms with Crippen molar-refractivity contribution in [1.29, 1.82) is 0 Å². The van der Waals surface area contributed by atoms with Gasteiger partial charge in [-0.3, -0.25) is 9.59 Å². The van der Waals surface area contributed by atoms with E-state index in [9.17, 15) is 55.7 Å². The van der Waals surface area contributed by atoms with Crippen molar-refractivity contribution in [3.05, 3.63) is 179 Å². The van der Waals surface area contributed by atoms with E-state index in [2.05, 4.69) is 9.47 Å². The first kappa shape index (κ1) is 55.7. The van der Waals surface area contributed by atoms with Gasteiger partial charge < -0.3 is 50.1 Å². The first-order valence-corrected chi connectivity index (χ1v) is 22.4. The van der Waals surface area contributed by atoms with E-state index in [1.807, 2.05) is 0 Å². The van der Waals surface area contributed by atoms with Crippen molar-refractivity contribution in [2.75, 3.05) is 38.9 Å². The Morgan fingerprint density at radius 3 is 1.28 bits per heavy atom. The number of carbonyl (C=O) groups is 4. The highest BCUT2D eigenvalue weighted by Crippen LogP contribution is 2.43. The number of ketones is 2. The zero-order valence-corrected chi connectivity index (χ0v) is 39.9. The normalized spacial score (nSPS) is 12.1. The third-order valence-corrected chi connectivity index (χ3v) is 11.3. The number of allylic oxidation sites excluding steroid dienone is 1. The van der Waals surface area contributed by atoms with Gasteiger partial charge in [0.05, 0.1) is 25.3 Å². The molecule has 75 heavy (non-hydrogen) atoms. The molecule has 0 radical (unpaired) electrons. The second-order valence-electron chi connectivity index (χ2n) is 16.9. The van der Waals surface area contributed by atoms with E-state index in [1.54, 1.807) is 48.5 Å². The number of hydrogen-bond donors (Lipinski definition) is 4. The van der Waals surface area contributed by atoms with Gasteiger partial charge in [-0.25, -0.2) is 9.59 Å². The van der Waals surface area contributed by atoms with Crippen molar-refractivity contribution in [2.24, 2.45) is 5.41 Å². The Bertz CT molecular complexity index is 2980. The van der Waals surface area contributed by atoms with Crippen LogP contribution in [0.2, 0.25) is 0 Å². The molecule has 0 bridgehead atoms. The lowest BCUT2D eigenvalue weighted by atomic mass is 9.65. The number of alkyl halides is 6. The average molecular weight is 1040 g/mol. The number of halogens is 6. The molecule has 0 spiro atoms. The summed E-state index contributed by atoms with van der Waals surface area (Å²) in [5.74, 6) is -7.16. The Balaban J connectivity index is 1.24. The van der Waals surface area contributed by atoms with Crippen LogP contribution in [0.3, 0.4) is 0 Å². The lowest BCUT2D eigenvalue weighted by Crippen LogP contribution is -2.57. The molecule has 6 aromatic carbocycles. The lowest BCUT2D eigenvalue weighted by molar-refractivity contribution is -0.230. The zero-order valence-electron chi connectivity index (χ0n) is 39.9. The van der Waals surface area contributed by atoms with Crippen molar-refractivity contribution in [3.63, 3.8) is 0 Å². The highest BCUT2D eigenvalue weighted by Gasteiger charge is 2.54. The Labute approximate surface area is 425 Å². The molecule has 6 aromatic rings. The van der Waals surface area contributed by atoms with Crippen LogP contribution in [0, 0.1) is 5.41 Å². The van der Waals surface area contributed by atoms with Crippen molar-refractivity contribution >= 4 is 47.0 Å². The molecular weight excluding hydrogens is 995 g/mol. The number of benzene rings is 6. The summed E-state index contributed by atoms with van der Waals surface area (Å²) in [7, 11) is 2.58. The van der Waals surface area contributed by atoms with Crippen LogP contribution < -0.4 is 39.9 Å². The molecule has 0 aromatic heterocycles. The predicted octanol–water partition coefficient (Wildman–Crippen LogP) is 9.60. The van der Waals surface area contributed by atoms with Crippen LogP contribution in [0.5, 0.6) is 34.5 Å². The third kappa shape index (κ3) is 15.7. The Morgan fingerprint density at radius 2 is 0.907 bits per heavy atom. The summed E-state index contributed by atoms with van der Waals surface area (Å²) in [4.78, 5) is 54.4. The Kier molecular flexibility index (Phi) is 17.8. The fourth-order valence-electron chi connectivity index (χ4n) is 7.51. The van der Waals surface area contributed by atoms with Gasteiger partial charge in [0.15, 0.2) is 42.0 Å². The van der Waals surface area contributed by atoms with E-state index in [0.717, 1.165) is 6.08 Å². The standard InChI is InChI=1S/C55H48F6N2O12/c1-70-47-27-34(8-24-45(47)74-50(66)38-11-20-43(21-12-38)72-32-53(56,57)58)7-19-42(64)31-52(29-36-3-15-40(62)16-4-36,30-37-5-17-41(63)18-6-37)55(68,69)49(65)26-10-35-9-25-46(48(28-35)71-2)75-51(67)39-13-22-44(23-14-39)73-33-54(59,60)61/h3-28,68-69H,29-33,62-63H2,1-2H3. The SMILES string of the molecule is COc1cc(C=CC(=O)CC(Cc2ccc(N)cc2)(Cc2ccc(N)cc2)C(O)(O)C(=O)C=Cc2ccc(OC(=O)c3ccc(OCC(F)(F)F)cc3)c(OC)c2)ccc1OC(=O)c1ccc(OCC(F)(F)F)cc1. The number of rotatable bonds is 22. The van der Waals surface area contributed by atoms with Crippen LogP contribution in [0.25, 0.3) is 12.2 Å². The highest BCUT2D eigenvalue weighted by atomic mass is 19.4. The number of anilines is 2. The van der Waals surface area contributed by atoms with E-state index in [4.69, 9.17) is 30.4 Å². The number of carbonyl (C=O) groups excluding carboxylic acids is 4. The molecule has 0 aliphatic heterocycles. The fourth-order valence-corrected chi connectivity index (χ4v) is 7.51. The van der Waals surface area contributed by atoms with Gasteiger partial charge in [0.25, 0.3) is 0 Å². The van der Waals surface area contributed by atoms with Gasteiger partial charge in [0, 0.05) is 23.2 Å². The smallest absolute Gasteiger partial charge is 0.422 e. The lowest BCUT2D eigenvalue weighted by Gasteiger charge is -2.42. The van der Waals surface area contributed by atoms with Crippen molar-refractivity contribution in [3.8, 4) is 34.5 Å². The van der Waals surface area contributed by atoms with Gasteiger partial charge in [-0.15, -0.1) is 0 Å². The molecule has 0 heterocycles. The molecule has 0 saturated carbocycles. The van der Waals surface area contributed by atoms with E-state index in [-0.39, 0.29) is 64.0 Å². The molecular formula is C55H48F6N2O12. The third-order valence-electron chi connectivity index (χ3n) is 11.3. The summed E-state index contributed by atoms with van der Waals surface area (Å²) in [6.45, 7) is -3.04. The molecule has 14 nitrogen and oxygen atoms in total.